The van der Waals surface area contributed by atoms with Crippen molar-refractivity contribution >= 4 is 28.2 Å². The zero-order valence-electron chi connectivity index (χ0n) is 12.9. The zero-order chi connectivity index (χ0) is 18.1. The van der Waals surface area contributed by atoms with Crippen molar-refractivity contribution in [1.82, 2.24) is 4.98 Å². The second kappa shape index (κ2) is 6.04. The number of fused-ring (bicyclic) bond motifs is 1. The van der Waals surface area contributed by atoms with Crippen LogP contribution in [0.15, 0.2) is 46.6 Å². The second-order valence-electron chi connectivity index (χ2n) is 5.32. The fraction of sp³-hybridized carbons (Fsp3) is 0.0625. The monoisotopic (exact) mass is 340 g/mol. The number of aromatic amines is 1. The molecule has 0 fully saturated rings. The molecule has 9 nitrogen and oxygen atoms in total. The third kappa shape index (κ3) is 3.02. The summed E-state index contributed by atoms with van der Waals surface area (Å²) in [5, 5.41) is 37.9. The largest absolute Gasteiger partial charge is 0.508 e. The number of hydrogen-bond acceptors (Lipinski definition) is 6. The van der Waals surface area contributed by atoms with E-state index < -0.39 is 10.8 Å². The predicted octanol–water partition coefficient (Wildman–Crippen LogP) is 3.72. The number of nitro benzene ring substituents is 1. The normalized spacial score (nSPS) is 11.2. The van der Waals surface area contributed by atoms with Gasteiger partial charge in [0.1, 0.15) is 5.75 Å². The Hall–Kier alpha value is -3.75. The van der Waals surface area contributed by atoms with Crippen molar-refractivity contribution < 1.29 is 19.9 Å². The molecule has 25 heavy (non-hydrogen) atoms. The van der Waals surface area contributed by atoms with E-state index in [-0.39, 0.29) is 34.0 Å². The summed E-state index contributed by atoms with van der Waals surface area (Å²) in [5.74, 6) is -1.18. The SMILES string of the molecule is Cc1cc([N+](=O)[O-])cc2c(N=NC(=O)c3cccc(O)c3)c(O)[nH]c12. The molecule has 0 radical (unpaired) electrons. The highest BCUT2D eigenvalue weighted by Gasteiger charge is 2.18. The number of benzene rings is 2. The second-order valence-corrected chi connectivity index (χ2v) is 5.32. The van der Waals surface area contributed by atoms with Crippen LogP contribution in [0.2, 0.25) is 0 Å². The van der Waals surface area contributed by atoms with Gasteiger partial charge in [-0.25, -0.2) is 0 Å². The number of phenolic OH excluding ortho intramolecular Hbond substituents is 1. The van der Waals surface area contributed by atoms with Gasteiger partial charge in [-0.2, -0.15) is 0 Å². The molecular weight excluding hydrogens is 328 g/mol. The lowest BCUT2D eigenvalue weighted by Crippen LogP contribution is -1.92. The van der Waals surface area contributed by atoms with Crippen molar-refractivity contribution in [2.75, 3.05) is 0 Å². The summed E-state index contributed by atoms with van der Waals surface area (Å²) in [6.07, 6.45) is 0. The molecular formula is C16H12N4O5. The van der Waals surface area contributed by atoms with Crippen molar-refractivity contribution in [1.29, 1.82) is 0 Å². The van der Waals surface area contributed by atoms with E-state index in [1.165, 1.54) is 36.4 Å². The van der Waals surface area contributed by atoms with Crippen LogP contribution >= 0.6 is 0 Å². The van der Waals surface area contributed by atoms with Crippen LogP contribution in [0, 0.1) is 17.0 Å². The van der Waals surface area contributed by atoms with E-state index in [0.717, 1.165) is 0 Å². The van der Waals surface area contributed by atoms with E-state index in [9.17, 15) is 25.1 Å². The highest BCUT2D eigenvalue weighted by atomic mass is 16.6. The summed E-state index contributed by atoms with van der Waals surface area (Å²) in [7, 11) is 0. The lowest BCUT2D eigenvalue weighted by atomic mass is 10.1. The average Bonchev–Trinajstić information content (AvgIpc) is 2.88. The predicted molar refractivity (Wildman–Crippen MR) is 88.3 cm³/mol. The molecule has 2 aromatic carbocycles. The number of nitro groups is 1. The number of nitrogens with one attached hydrogen (secondary N) is 1. The number of rotatable bonds is 3. The zero-order valence-corrected chi connectivity index (χ0v) is 12.9. The maximum Gasteiger partial charge on any atom is 0.295 e. The van der Waals surface area contributed by atoms with Crippen LogP contribution < -0.4 is 0 Å². The minimum atomic E-state index is -0.730. The first-order valence-corrected chi connectivity index (χ1v) is 7.11. The number of nitrogens with zero attached hydrogens (tertiary/aromatic N) is 3. The van der Waals surface area contributed by atoms with E-state index >= 15 is 0 Å². The van der Waals surface area contributed by atoms with E-state index in [0.29, 0.717) is 11.1 Å². The van der Waals surface area contributed by atoms with E-state index in [1.54, 1.807) is 6.92 Å². The Kier molecular flexibility index (Phi) is 3.89. The molecule has 0 saturated heterocycles. The molecule has 9 heteroatoms. The number of azo groups is 1. The number of phenols is 1. The molecule has 126 valence electrons. The Morgan fingerprint density at radius 3 is 2.68 bits per heavy atom. The fourth-order valence-electron chi connectivity index (χ4n) is 2.42. The Morgan fingerprint density at radius 1 is 1.24 bits per heavy atom. The number of carbonyl (C=O) groups excluding carboxylic acids is 1. The standard InChI is InChI=1S/C16H12N4O5/c1-8-5-10(20(24)25)7-12-13(8)17-16(23)14(12)18-19-15(22)9-3-2-4-11(21)6-9/h2-7,17,21,23H,1H3. The minimum absolute atomic E-state index is 0.0738. The quantitative estimate of drug-likeness (QED) is 0.378. The van der Waals surface area contributed by atoms with Gasteiger partial charge >= 0.3 is 0 Å². The topological polar surface area (TPSA) is 141 Å². The molecule has 0 bridgehead atoms. The van der Waals surface area contributed by atoms with Crippen molar-refractivity contribution in [3.8, 4) is 11.6 Å². The van der Waals surface area contributed by atoms with Gasteiger partial charge < -0.3 is 15.2 Å². The first-order chi connectivity index (χ1) is 11.9. The third-order valence-electron chi connectivity index (χ3n) is 3.59. The summed E-state index contributed by atoms with van der Waals surface area (Å²) in [6.45, 7) is 1.64. The molecule has 0 atom stereocenters. The minimum Gasteiger partial charge on any atom is -0.508 e. The highest BCUT2D eigenvalue weighted by Crippen LogP contribution is 2.39. The lowest BCUT2D eigenvalue weighted by molar-refractivity contribution is -0.384. The summed E-state index contributed by atoms with van der Waals surface area (Å²) in [5.41, 5.74) is 0.877. The van der Waals surface area contributed by atoms with Gasteiger partial charge in [-0.05, 0) is 30.7 Å². The molecule has 3 rings (SSSR count). The first-order valence-electron chi connectivity index (χ1n) is 7.11. The van der Waals surface area contributed by atoms with E-state index in [1.807, 2.05) is 0 Å². The van der Waals surface area contributed by atoms with Crippen molar-refractivity contribution in [2.45, 2.75) is 6.92 Å². The van der Waals surface area contributed by atoms with Crippen LogP contribution in [0.3, 0.4) is 0 Å². The third-order valence-corrected chi connectivity index (χ3v) is 3.59. The van der Waals surface area contributed by atoms with Gasteiger partial charge in [-0.15, -0.1) is 10.2 Å². The van der Waals surface area contributed by atoms with Crippen LogP contribution in [0.4, 0.5) is 11.4 Å². The summed E-state index contributed by atoms with van der Waals surface area (Å²) >= 11 is 0. The van der Waals surface area contributed by atoms with Gasteiger partial charge in [-0.1, -0.05) is 6.07 Å². The van der Waals surface area contributed by atoms with Crippen LogP contribution in [0.1, 0.15) is 15.9 Å². The molecule has 3 aromatic rings. The van der Waals surface area contributed by atoms with E-state index in [2.05, 4.69) is 15.2 Å². The van der Waals surface area contributed by atoms with Crippen LogP contribution in [0.5, 0.6) is 11.6 Å². The number of H-pyrrole nitrogens is 1. The van der Waals surface area contributed by atoms with Gasteiger partial charge in [0, 0.05) is 23.1 Å². The molecule has 1 heterocycles. The van der Waals surface area contributed by atoms with Gasteiger partial charge in [0.05, 0.1) is 10.4 Å². The number of hydrogen-bond donors (Lipinski definition) is 3. The maximum atomic E-state index is 12.0. The molecule has 0 aliphatic carbocycles. The van der Waals surface area contributed by atoms with Crippen LogP contribution in [0.25, 0.3) is 10.9 Å². The molecule has 0 saturated carbocycles. The van der Waals surface area contributed by atoms with Crippen molar-refractivity contribution in [3.05, 3.63) is 57.6 Å². The Morgan fingerprint density at radius 2 is 2.00 bits per heavy atom. The summed E-state index contributed by atoms with van der Waals surface area (Å²) in [4.78, 5) is 25.1. The van der Waals surface area contributed by atoms with Gasteiger partial charge in [0.2, 0.25) is 5.88 Å². The highest BCUT2D eigenvalue weighted by molar-refractivity contribution is 5.99. The summed E-state index contributed by atoms with van der Waals surface area (Å²) < 4.78 is 0. The number of aromatic nitrogens is 1. The number of aryl methyl sites for hydroxylation is 1. The number of amides is 1. The lowest BCUT2D eigenvalue weighted by Gasteiger charge is -1.98. The van der Waals surface area contributed by atoms with Gasteiger partial charge in [-0.3, -0.25) is 14.9 Å². The molecule has 0 unspecified atom stereocenters. The molecule has 0 aliphatic heterocycles. The maximum absolute atomic E-state index is 12.0. The van der Waals surface area contributed by atoms with Crippen LogP contribution in [-0.2, 0) is 0 Å². The smallest absolute Gasteiger partial charge is 0.295 e. The van der Waals surface area contributed by atoms with Gasteiger partial charge in [0.15, 0.2) is 5.69 Å². The molecule has 1 aromatic heterocycles. The number of non-ortho nitro benzene ring substituents is 1. The average molecular weight is 340 g/mol. The molecule has 3 N–H and O–H groups in total. The Labute approximate surface area is 140 Å². The van der Waals surface area contributed by atoms with Crippen molar-refractivity contribution in [3.63, 3.8) is 0 Å². The number of aromatic hydroxyl groups is 2. The fourth-order valence-corrected chi connectivity index (χ4v) is 2.42. The van der Waals surface area contributed by atoms with Crippen LogP contribution in [-0.4, -0.2) is 26.0 Å². The van der Waals surface area contributed by atoms with Crippen molar-refractivity contribution in [2.24, 2.45) is 10.2 Å². The summed E-state index contributed by atoms with van der Waals surface area (Å²) in [6, 6.07) is 8.16. The molecule has 0 spiro atoms. The molecule has 0 aliphatic rings. The Balaban J connectivity index is 2.05. The van der Waals surface area contributed by atoms with Gasteiger partial charge in [0.25, 0.3) is 11.6 Å². The first kappa shape index (κ1) is 16.1. The Bertz CT molecular complexity index is 1040. The van der Waals surface area contributed by atoms with E-state index in [4.69, 9.17) is 0 Å². The molecule has 1 amide bonds. The number of carbonyl (C=O) groups is 1.